The molecule has 7 heteroatoms. The van der Waals surface area contributed by atoms with Crippen molar-refractivity contribution >= 4 is 23.7 Å². The van der Waals surface area contributed by atoms with Gasteiger partial charge in [-0.15, -0.1) is 0 Å². The summed E-state index contributed by atoms with van der Waals surface area (Å²) in [7, 11) is 3.79. The molecule has 0 amide bonds. The molecule has 0 aromatic carbocycles. The van der Waals surface area contributed by atoms with E-state index in [4.69, 9.17) is 5.73 Å². The Balaban J connectivity index is 1.90. The second kappa shape index (κ2) is 5.50. The number of nitrogens with zero attached hydrogens (tertiary/aromatic N) is 4. The lowest BCUT2D eigenvalue weighted by Crippen LogP contribution is -2.43. The van der Waals surface area contributed by atoms with E-state index in [0.717, 1.165) is 36.3 Å². The van der Waals surface area contributed by atoms with E-state index in [-0.39, 0.29) is 0 Å². The average Bonchev–Trinajstić information content (AvgIpc) is 2.21. The van der Waals surface area contributed by atoms with Crippen molar-refractivity contribution in [3.05, 3.63) is 5.82 Å². The molecule has 1 aliphatic rings. The van der Waals surface area contributed by atoms with E-state index in [1.54, 1.807) is 0 Å². The number of hydrogen-bond donors (Lipinski definition) is 2. The van der Waals surface area contributed by atoms with Crippen molar-refractivity contribution in [3.8, 4) is 0 Å². The van der Waals surface area contributed by atoms with Crippen LogP contribution in [0.25, 0.3) is 0 Å². The summed E-state index contributed by atoms with van der Waals surface area (Å²) in [6.07, 6.45) is 0. The summed E-state index contributed by atoms with van der Waals surface area (Å²) in [5, 5.41) is 3.26. The van der Waals surface area contributed by atoms with Gasteiger partial charge in [0.2, 0.25) is 11.9 Å². The molecule has 0 unspecified atom stereocenters. The van der Waals surface area contributed by atoms with Crippen LogP contribution in [0, 0.1) is 5.92 Å². The molecule has 0 aliphatic carbocycles. The number of aromatic nitrogens is 3. The van der Waals surface area contributed by atoms with Gasteiger partial charge in [-0.1, -0.05) is 0 Å². The Bertz CT molecular complexity index is 379. The summed E-state index contributed by atoms with van der Waals surface area (Å²) in [4.78, 5) is 14.4. The highest BCUT2D eigenvalue weighted by Crippen LogP contribution is 2.17. The predicted octanol–water partition coefficient (Wildman–Crippen LogP) is -0.0276. The minimum atomic E-state index is 0.296. The van der Waals surface area contributed by atoms with Crippen LogP contribution < -0.4 is 16.0 Å². The molecule has 0 bridgehead atoms. The Morgan fingerprint density at radius 2 is 2.12 bits per heavy atom. The SMILES string of the molecule is CN(C)c1nc(N)nc(CSCC2CNC2)n1. The summed E-state index contributed by atoms with van der Waals surface area (Å²) < 4.78 is 0. The Morgan fingerprint density at radius 3 is 2.71 bits per heavy atom. The van der Waals surface area contributed by atoms with Crippen molar-refractivity contribution in [2.24, 2.45) is 5.92 Å². The molecule has 1 saturated heterocycles. The quantitative estimate of drug-likeness (QED) is 0.764. The van der Waals surface area contributed by atoms with Crippen LogP contribution in [0.15, 0.2) is 0 Å². The van der Waals surface area contributed by atoms with Crippen molar-refractivity contribution in [2.45, 2.75) is 5.75 Å². The molecule has 0 atom stereocenters. The molecule has 2 heterocycles. The topological polar surface area (TPSA) is 80.0 Å². The largest absolute Gasteiger partial charge is 0.368 e. The van der Waals surface area contributed by atoms with Crippen LogP contribution in [0.1, 0.15) is 5.82 Å². The summed E-state index contributed by atoms with van der Waals surface area (Å²) in [6, 6.07) is 0. The second-order valence-electron chi connectivity index (χ2n) is 4.34. The van der Waals surface area contributed by atoms with E-state index < -0.39 is 0 Å². The van der Waals surface area contributed by atoms with Gasteiger partial charge < -0.3 is 16.0 Å². The Hall–Kier alpha value is -1.08. The number of anilines is 2. The Morgan fingerprint density at radius 1 is 1.35 bits per heavy atom. The van der Waals surface area contributed by atoms with E-state index in [2.05, 4.69) is 20.3 Å². The number of nitrogens with two attached hydrogens (primary N) is 1. The Labute approximate surface area is 105 Å². The molecule has 0 spiro atoms. The zero-order valence-electron chi connectivity index (χ0n) is 10.2. The standard InChI is InChI=1S/C10H18N6S/c1-16(2)10-14-8(13-9(11)15-10)6-17-5-7-3-12-4-7/h7,12H,3-6H2,1-2H3,(H2,11,13,14,15). The van der Waals surface area contributed by atoms with Gasteiger partial charge in [0.1, 0.15) is 5.82 Å². The fourth-order valence-corrected chi connectivity index (χ4v) is 2.47. The number of rotatable bonds is 5. The van der Waals surface area contributed by atoms with Gasteiger partial charge in [-0.05, 0) is 24.8 Å². The van der Waals surface area contributed by atoms with E-state index in [0.29, 0.717) is 11.9 Å². The molecule has 1 aromatic rings. The van der Waals surface area contributed by atoms with Gasteiger partial charge in [0.05, 0.1) is 5.75 Å². The number of hydrogen-bond acceptors (Lipinski definition) is 7. The van der Waals surface area contributed by atoms with E-state index in [9.17, 15) is 0 Å². The summed E-state index contributed by atoms with van der Waals surface area (Å²) in [6.45, 7) is 2.27. The van der Waals surface area contributed by atoms with Crippen LogP contribution in [-0.2, 0) is 5.75 Å². The van der Waals surface area contributed by atoms with Gasteiger partial charge in [0, 0.05) is 14.1 Å². The van der Waals surface area contributed by atoms with Crippen molar-refractivity contribution in [1.29, 1.82) is 0 Å². The summed E-state index contributed by atoms with van der Waals surface area (Å²) >= 11 is 1.85. The van der Waals surface area contributed by atoms with Crippen LogP contribution in [0.2, 0.25) is 0 Å². The van der Waals surface area contributed by atoms with Crippen molar-refractivity contribution in [3.63, 3.8) is 0 Å². The maximum Gasteiger partial charge on any atom is 0.229 e. The third kappa shape index (κ3) is 3.44. The minimum Gasteiger partial charge on any atom is -0.368 e. The maximum absolute atomic E-state index is 5.66. The molecule has 94 valence electrons. The number of nitrogens with one attached hydrogen (secondary N) is 1. The van der Waals surface area contributed by atoms with Crippen molar-refractivity contribution in [1.82, 2.24) is 20.3 Å². The van der Waals surface area contributed by atoms with E-state index in [1.807, 2.05) is 30.8 Å². The molecule has 1 aliphatic heterocycles. The monoisotopic (exact) mass is 254 g/mol. The molecule has 6 nitrogen and oxygen atoms in total. The lowest BCUT2D eigenvalue weighted by atomic mass is 10.1. The van der Waals surface area contributed by atoms with E-state index >= 15 is 0 Å². The molecule has 0 radical (unpaired) electrons. The second-order valence-corrected chi connectivity index (χ2v) is 5.37. The molecule has 17 heavy (non-hydrogen) atoms. The Kier molecular flexibility index (Phi) is 4.01. The normalized spacial score (nSPS) is 15.6. The molecule has 0 saturated carbocycles. The highest BCUT2D eigenvalue weighted by molar-refractivity contribution is 7.98. The number of nitrogen functional groups attached to an aromatic ring is 1. The van der Waals surface area contributed by atoms with E-state index in [1.165, 1.54) is 0 Å². The predicted molar refractivity (Wildman–Crippen MR) is 71.1 cm³/mol. The van der Waals surface area contributed by atoms with Crippen LogP contribution in [0.3, 0.4) is 0 Å². The zero-order chi connectivity index (χ0) is 12.3. The van der Waals surface area contributed by atoms with Gasteiger partial charge in [0.15, 0.2) is 0 Å². The van der Waals surface area contributed by atoms with Gasteiger partial charge in [-0.2, -0.15) is 26.7 Å². The lowest BCUT2D eigenvalue weighted by molar-refractivity contribution is 0.385. The van der Waals surface area contributed by atoms with Crippen molar-refractivity contribution < 1.29 is 0 Å². The molecule has 3 N–H and O–H groups in total. The smallest absolute Gasteiger partial charge is 0.229 e. The molecular weight excluding hydrogens is 236 g/mol. The first-order chi connectivity index (χ1) is 8.15. The molecule has 1 aromatic heterocycles. The van der Waals surface area contributed by atoms with Crippen LogP contribution in [0.4, 0.5) is 11.9 Å². The highest BCUT2D eigenvalue weighted by Gasteiger charge is 2.16. The molecule has 1 fully saturated rings. The van der Waals surface area contributed by atoms with Gasteiger partial charge in [-0.25, -0.2) is 0 Å². The number of thioether (sulfide) groups is 1. The fraction of sp³-hybridized carbons (Fsp3) is 0.700. The van der Waals surface area contributed by atoms with Crippen LogP contribution in [-0.4, -0.2) is 47.9 Å². The first kappa shape index (κ1) is 12.4. The first-order valence-electron chi connectivity index (χ1n) is 5.61. The van der Waals surface area contributed by atoms with Gasteiger partial charge in [-0.3, -0.25) is 0 Å². The third-order valence-electron chi connectivity index (χ3n) is 2.54. The third-order valence-corrected chi connectivity index (χ3v) is 3.71. The van der Waals surface area contributed by atoms with Gasteiger partial charge in [0.25, 0.3) is 0 Å². The maximum atomic E-state index is 5.66. The van der Waals surface area contributed by atoms with Crippen LogP contribution >= 0.6 is 11.8 Å². The van der Waals surface area contributed by atoms with Gasteiger partial charge >= 0.3 is 0 Å². The molecular formula is C10H18N6S. The minimum absolute atomic E-state index is 0.296. The lowest BCUT2D eigenvalue weighted by Gasteiger charge is -2.26. The first-order valence-corrected chi connectivity index (χ1v) is 6.77. The van der Waals surface area contributed by atoms with Crippen molar-refractivity contribution in [2.75, 3.05) is 43.6 Å². The van der Waals surface area contributed by atoms with Crippen LogP contribution in [0.5, 0.6) is 0 Å². The zero-order valence-corrected chi connectivity index (χ0v) is 11.0. The summed E-state index contributed by atoms with van der Waals surface area (Å²) in [5.41, 5.74) is 5.66. The fourth-order valence-electron chi connectivity index (χ4n) is 1.47. The molecule has 2 rings (SSSR count). The average molecular weight is 254 g/mol. The highest BCUT2D eigenvalue weighted by atomic mass is 32.2. The summed E-state index contributed by atoms with van der Waals surface area (Å²) in [5.74, 6) is 4.42.